The molecule has 1 aromatic carbocycles. The summed E-state index contributed by atoms with van der Waals surface area (Å²) in [5.74, 6) is 1.83. The van der Waals surface area contributed by atoms with Gasteiger partial charge >= 0.3 is 0 Å². The van der Waals surface area contributed by atoms with Crippen LogP contribution in [0.25, 0.3) is 11.4 Å². The first-order valence-corrected chi connectivity index (χ1v) is 8.18. The van der Waals surface area contributed by atoms with Crippen molar-refractivity contribution < 1.29 is 4.79 Å². The van der Waals surface area contributed by atoms with Crippen LogP contribution in [-0.2, 0) is 4.79 Å². The van der Waals surface area contributed by atoms with Gasteiger partial charge in [0.15, 0.2) is 5.82 Å². The Morgan fingerprint density at radius 2 is 2.17 bits per heavy atom. The van der Waals surface area contributed by atoms with E-state index < -0.39 is 0 Å². The molecular formula is C17H23N5O. The fraction of sp³-hybridized carbons (Fsp3) is 0.471. The van der Waals surface area contributed by atoms with Crippen molar-refractivity contribution in [2.24, 2.45) is 5.92 Å². The van der Waals surface area contributed by atoms with Crippen LogP contribution in [0.1, 0.15) is 38.4 Å². The highest BCUT2D eigenvalue weighted by molar-refractivity contribution is 5.96. The first-order valence-electron chi connectivity index (χ1n) is 8.18. The molecule has 1 aliphatic rings. The number of hydrogen-bond donors (Lipinski definition) is 3. The molecule has 0 radical (unpaired) electrons. The molecule has 23 heavy (non-hydrogen) atoms. The third-order valence-corrected chi connectivity index (χ3v) is 4.14. The van der Waals surface area contributed by atoms with Gasteiger partial charge in [-0.05, 0) is 31.5 Å². The van der Waals surface area contributed by atoms with Gasteiger partial charge in [-0.3, -0.25) is 9.89 Å². The van der Waals surface area contributed by atoms with Gasteiger partial charge in [0, 0.05) is 18.0 Å². The van der Waals surface area contributed by atoms with E-state index in [0.717, 1.165) is 43.0 Å². The summed E-state index contributed by atoms with van der Waals surface area (Å²) in [7, 11) is 0. The van der Waals surface area contributed by atoms with Crippen LogP contribution in [0.4, 0.5) is 5.69 Å². The second-order valence-corrected chi connectivity index (χ2v) is 6.28. The number of H-pyrrole nitrogens is 1. The minimum Gasteiger partial charge on any atom is -0.325 e. The number of carbonyl (C=O) groups is 1. The predicted octanol–water partition coefficient (Wildman–Crippen LogP) is 2.53. The number of rotatable bonds is 4. The summed E-state index contributed by atoms with van der Waals surface area (Å²) in [4.78, 5) is 17.0. The molecule has 3 N–H and O–H groups in total. The van der Waals surface area contributed by atoms with Crippen LogP contribution in [0, 0.1) is 5.92 Å². The minimum absolute atomic E-state index is 0.0233. The zero-order chi connectivity index (χ0) is 16.2. The first-order chi connectivity index (χ1) is 11.1. The van der Waals surface area contributed by atoms with E-state index in [1.54, 1.807) is 0 Å². The Morgan fingerprint density at radius 3 is 2.87 bits per heavy atom. The highest BCUT2D eigenvalue weighted by Crippen LogP contribution is 2.26. The fourth-order valence-electron chi connectivity index (χ4n) is 2.75. The molecule has 0 saturated carbocycles. The van der Waals surface area contributed by atoms with Crippen molar-refractivity contribution in [3.05, 3.63) is 30.1 Å². The van der Waals surface area contributed by atoms with Crippen molar-refractivity contribution in [2.75, 3.05) is 18.4 Å². The highest BCUT2D eigenvalue weighted by atomic mass is 16.1. The van der Waals surface area contributed by atoms with Crippen LogP contribution < -0.4 is 10.6 Å². The molecule has 1 saturated heterocycles. The van der Waals surface area contributed by atoms with Crippen LogP contribution in [0.3, 0.4) is 0 Å². The summed E-state index contributed by atoms with van der Waals surface area (Å²) in [6.45, 7) is 5.86. The Labute approximate surface area is 136 Å². The number of para-hydroxylation sites is 1. The van der Waals surface area contributed by atoms with Crippen LogP contribution in [0.15, 0.2) is 24.3 Å². The fourth-order valence-corrected chi connectivity index (χ4v) is 2.75. The van der Waals surface area contributed by atoms with E-state index in [1.807, 2.05) is 24.3 Å². The van der Waals surface area contributed by atoms with E-state index in [1.165, 1.54) is 0 Å². The molecule has 0 spiro atoms. The lowest BCUT2D eigenvalue weighted by Crippen LogP contribution is -2.37. The van der Waals surface area contributed by atoms with Gasteiger partial charge in [0.25, 0.3) is 0 Å². The van der Waals surface area contributed by atoms with Crippen LogP contribution in [-0.4, -0.2) is 34.2 Å². The number of carbonyl (C=O) groups excluding carboxylic acids is 1. The Hall–Kier alpha value is -2.21. The van der Waals surface area contributed by atoms with Crippen LogP contribution >= 0.6 is 0 Å². The molecule has 0 bridgehead atoms. The lowest BCUT2D eigenvalue weighted by molar-refractivity contribution is -0.120. The number of nitrogens with zero attached hydrogens (tertiary/aromatic N) is 2. The smallest absolute Gasteiger partial charge is 0.228 e. The van der Waals surface area contributed by atoms with Crippen molar-refractivity contribution >= 4 is 11.6 Å². The molecule has 0 aliphatic carbocycles. The SMILES string of the molecule is CC(C)c1nc(-c2ccccc2NC(=O)C2CCCNC2)n[nH]1. The second kappa shape index (κ2) is 6.91. The summed E-state index contributed by atoms with van der Waals surface area (Å²) < 4.78 is 0. The third kappa shape index (κ3) is 3.59. The van der Waals surface area contributed by atoms with Gasteiger partial charge < -0.3 is 10.6 Å². The molecule has 1 atom stereocenters. The molecule has 122 valence electrons. The lowest BCUT2D eigenvalue weighted by atomic mass is 9.98. The summed E-state index contributed by atoms with van der Waals surface area (Å²) in [6, 6.07) is 7.67. The van der Waals surface area contributed by atoms with E-state index in [4.69, 9.17) is 0 Å². The maximum absolute atomic E-state index is 12.5. The van der Waals surface area contributed by atoms with Crippen molar-refractivity contribution in [2.45, 2.75) is 32.6 Å². The number of anilines is 1. The number of nitrogens with one attached hydrogen (secondary N) is 3. The van der Waals surface area contributed by atoms with Crippen molar-refractivity contribution in [1.82, 2.24) is 20.5 Å². The molecule has 6 heteroatoms. The number of amides is 1. The van der Waals surface area contributed by atoms with E-state index in [9.17, 15) is 4.79 Å². The molecule has 2 aromatic rings. The molecule has 3 rings (SSSR count). The molecule has 1 aliphatic heterocycles. The van der Waals surface area contributed by atoms with Gasteiger partial charge in [-0.2, -0.15) is 5.10 Å². The molecule has 1 unspecified atom stereocenters. The Balaban J connectivity index is 1.81. The number of aromatic nitrogens is 3. The van der Waals surface area contributed by atoms with Gasteiger partial charge in [0.2, 0.25) is 5.91 Å². The normalized spacial score (nSPS) is 18.1. The number of piperidine rings is 1. The Kier molecular flexibility index (Phi) is 4.71. The van der Waals surface area contributed by atoms with E-state index in [2.05, 4.69) is 39.7 Å². The topological polar surface area (TPSA) is 82.7 Å². The van der Waals surface area contributed by atoms with E-state index in [-0.39, 0.29) is 17.7 Å². The van der Waals surface area contributed by atoms with Crippen molar-refractivity contribution in [1.29, 1.82) is 0 Å². The first kappa shape index (κ1) is 15.7. The molecule has 1 amide bonds. The zero-order valence-electron chi connectivity index (χ0n) is 13.6. The van der Waals surface area contributed by atoms with Crippen molar-refractivity contribution in [3.8, 4) is 11.4 Å². The standard InChI is InChI=1S/C17H23N5O/c1-11(2)15-20-16(22-21-15)13-7-3-4-8-14(13)19-17(23)12-6-5-9-18-10-12/h3-4,7-8,11-12,18H,5-6,9-10H2,1-2H3,(H,19,23)(H,20,21,22). The predicted molar refractivity (Wildman–Crippen MR) is 90.1 cm³/mol. The number of aromatic amines is 1. The van der Waals surface area contributed by atoms with Gasteiger partial charge in [-0.25, -0.2) is 4.98 Å². The average Bonchev–Trinajstić information content (AvgIpc) is 3.06. The lowest BCUT2D eigenvalue weighted by Gasteiger charge is -2.22. The molecule has 2 heterocycles. The number of benzene rings is 1. The summed E-state index contributed by atoms with van der Waals surface area (Å²) in [6.07, 6.45) is 1.97. The highest BCUT2D eigenvalue weighted by Gasteiger charge is 2.22. The van der Waals surface area contributed by atoms with Gasteiger partial charge in [-0.15, -0.1) is 0 Å². The van der Waals surface area contributed by atoms with Gasteiger partial charge in [-0.1, -0.05) is 26.0 Å². The third-order valence-electron chi connectivity index (χ3n) is 4.14. The van der Waals surface area contributed by atoms with Crippen LogP contribution in [0.2, 0.25) is 0 Å². The quantitative estimate of drug-likeness (QED) is 0.810. The average molecular weight is 313 g/mol. The zero-order valence-corrected chi connectivity index (χ0v) is 13.6. The van der Waals surface area contributed by atoms with Gasteiger partial charge in [0.1, 0.15) is 5.82 Å². The second-order valence-electron chi connectivity index (χ2n) is 6.28. The summed E-state index contributed by atoms with van der Waals surface area (Å²) >= 11 is 0. The summed E-state index contributed by atoms with van der Waals surface area (Å²) in [5, 5.41) is 13.6. The number of hydrogen-bond acceptors (Lipinski definition) is 4. The Morgan fingerprint density at radius 1 is 1.35 bits per heavy atom. The van der Waals surface area contributed by atoms with Crippen LogP contribution in [0.5, 0.6) is 0 Å². The largest absolute Gasteiger partial charge is 0.325 e. The maximum atomic E-state index is 12.5. The van der Waals surface area contributed by atoms with Crippen molar-refractivity contribution in [3.63, 3.8) is 0 Å². The monoisotopic (exact) mass is 313 g/mol. The molecule has 1 fully saturated rings. The molecule has 6 nitrogen and oxygen atoms in total. The molecular weight excluding hydrogens is 290 g/mol. The van der Waals surface area contributed by atoms with Gasteiger partial charge in [0.05, 0.1) is 11.6 Å². The summed E-state index contributed by atoms with van der Waals surface area (Å²) in [5.41, 5.74) is 1.60. The van der Waals surface area contributed by atoms with E-state index >= 15 is 0 Å². The maximum Gasteiger partial charge on any atom is 0.228 e. The molecule has 1 aromatic heterocycles. The Bertz CT molecular complexity index is 673. The minimum atomic E-state index is 0.0233. The van der Waals surface area contributed by atoms with E-state index in [0.29, 0.717) is 5.82 Å².